The Morgan fingerprint density at radius 1 is 1.26 bits per heavy atom. The van der Waals surface area contributed by atoms with Crippen molar-refractivity contribution in [3.8, 4) is 0 Å². The lowest BCUT2D eigenvalue weighted by molar-refractivity contribution is -0.135. The van der Waals surface area contributed by atoms with Crippen LogP contribution >= 0.6 is 0 Å². The predicted octanol–water partition coefficient (Wildman–Crippen LogP) is 0.342. The summed E-state index contributed by atoms with van der Waals surface area (Å²) in [6.45, 7) is 4.38. The van der Waals surface area contributed by atoms with E-state index < -0.39 is 0 Å². The van der Waals surface area contributed by atoms with Gasteiger partial charge >= 0.3 is 0 Å². The third kappa shape index (κ3) is 4.44. The summed E-state index contributed by atoms with van der Waals surface area (Å²) in [4.78, 5) is 13.9. The summed E-state index contributed by atoms with van der Waals surface area (Å²) in [5.74, 6) is 0.836. The molecule has 2 rings (SSSR count). The third-order valence-electron chi connectivity index (χ3n) is 4.32. The van der Waals surface area contributed by atoms with Crippen molar-refractivity contribution in [3.63, 3.8) is 0 Å². The summed E-state index contributed by atoms with van der Waals surface area (Å²) >= 11 is 0. The average molecular weight is 269 g/mol. The predicted molar refractivity (Wildman–Crippen MR) is 74.8 cm³/mol. The van der Waals surface area contributed by atoms with Crippen LogP contribution in [0.2, 0.25) is 0 Å². The molecule has 1 saturated carbocycles. The Labute approximate surface area is 115 Å². The summed E-state index contributed by atoms with van der Waals surface area (Å²) in [6, 6.07) is 0.510. The molecule has 5 heteroatoms. The molecule has 1 heterocycles. The fraction of sp³-hybridized carbons (Fsp3) is 0.929. The molecule has 3 N–H and O–H groups in total. The first-order chi connectivity index (χ1) is 9.31. The average Bonchev–Trinajstić information content (AvgIpc) is 2.48. The quantitative estimate of drug-likeness (QED) is 0.755. The Morgan fingerprint density at radius 3 is 2.74 bits per heavy atom. The molecular formula is C14H27N3O2. The van der Waals surface area contributed by atoms with Gasteiger partial charge in [-0.3, -0.25) is 4.79 Å². The monoisotopic (exact) mass is 269 g/mol. The number of nitrogens with one attached hydrogen (secondary N) is 1. The van der Waals surface area contributed by atoms with Gasteiger partial charge in [0.05, 0.1) is 13.2 Å². The topological polar surface area (TPSA) is 67.6 Å². The van der Waals surface area contributed by atoms with Crippen LogP contribution in [0.15, 0.2) is 0 Å². The van der Waals surface area contributed by atoms with E-state index in [9.17, 15) is 4.79 Å². The van der Waals surface area contributed by atoms with Gasteiger partial charge in [-0.05, 0) is 25.3 Å². The van der Waals surface area contributed by atoms with E-state index in [-0.39, 0.29) is 5.91 Å². The fourth-order valence-corrected chi connectivity index (χ4v) is 3.09. The Morgan fingerprint density at radius 2 is 2.00 bits per heavy atom. The number of rotatable bonds is 5. The molecule has 0 aromatic rings. The minimum atomic E-state index is 0.246. The number of nitrogens with two attached hydrogens (primary N) is 1. The second-order valence-electron chi connectivity index (χ2n) is 5.58. The van der Waals surface area contributed by atoms with Gasteiger partial charge in [-0.15, -0.1) is 0 Å². The van der Waals surface area contributed by atoms with Crippen LogP contribution in [0.25, 0.3) is 0 Å². The van der Waals surface area contributed by atoms with Gasteiger partial charge in [-0.25, -0.2) is 0 Å². The van der Waals surface area contributed by atoms with Crippen molar-refractivity contribution in [2.24, 2.45) is 11.7 Å². The standard InChI is InChI=1S/C14H27N3O2/c15-11-12-3-1-2-4-13(12)16-6-5-14(18)17-7-9-19-10-8-17/h12-13,16H,1-11,15H2. The first-order valence-corrected chi connectivity index (χ1v) is 7.60. The van der Waals surface area contributed by atoms with Crippen molar-refractivity contribution in [2.45, 2.75) is 38.1 Å². The van der Waals surface area contributed by atoms with Crippen molar-refractivity contribution in [2.75, 3.05) is 39.4 Å². The van der Waals surface area contributed by atoms with Gasteiger partial charge in [0, 0.05) is 32.1 Å². The minimum Gasteiger partial charge on any atom is -0.378 e. The van der Waals surface area contributed by atoms with Crippen molar-refractivity contribution < 1.29 is 9.53 Å². The van der Waals surface area contributed by atoms with E-state index in [1.807, 2.05) is 4.90 Å². The number of hydrogen-bond donors (Lipinski definition) is 2. The largest absolute Gasteiger partial charge is 0.378 e. The molecule has 1 saturated heterocycles. The minimum absolute atomic E-state index is 0.246. The van der Waals surface area contributed by atoms with Crippen LogP contribution in [-0.4, -0.2) is 56.2 Å². The molecule has 0 bridgehead atoms. The lowest BCUT2D eigenvalue weighted by Gasteiger charge is -2.32. The molecular weight excluding hydrogens is 242 g/mol. The van der Waals surface area contributed by atoms with E-state index in [1.165, 1.54) is 25.7 Å². The highest BCUT2D eigenvalue weighted by Crippen LogP contribution is 2.23. The summed E-state index contributed by atoms with van der Waals surface area (Å²) in [7, 11) is 0. The number of carbonyl (C=O) groups excluding carboxylic acids is 1. The van der Waals surface area contributed by atoms with Crippen molar-refractivity contribution in [1.29, 1.82) is 0 Å². The van der Waals surface area contributed by atoms with Crippen LogP contribution in [0, 0.1) is 5.92 Å². The molecule has 110 valence electrons. The fourth-order valence-electron chi connectivity index (χ4n) is 3.09. The van der Waals surface area contributed by atoms with Gasteiger partial charge in [0.15, 0.2) is 0 Å². The number of hydrogen-bond acceptors (Lipinski definition) is 4. The molecule has 5 nitrogen and oxygen atoms in total. The molecule has 1 amide bonds. The van der Waals surface area contributed by atoms with Gasteiger partial charge in [-0.1, -0.05) is 12.8 Å². The molecule has 2 atom stereocenters. The lowest BCUT2D eigenvalue weighted by Crippen LogP contribution is -2.45. The number of morpholine rings is 1. The van der Waals surface area contributed by atoms with E-state index in [1.54, 1.807) is 0 Å². The SMILES string of the molecule is NCC1CCCCC1NCCC(=O)N1CCOCC1. The maximum absolute atomic E-state index is 12.0. The molecule has 0 spiro atoms. The molecule has 0 radical (unpaired) electrons. The summed E-state index contributed by atoms with van der Waals surface area (Å²) in [5.41, 5.74) is 5.81. The van der Waals surface area contributed by atoms with Crippen LogP contribution in [-0.2, 0) is 9.53 Å². The lowest BCUT2D eigenvalue weighted by atomic mass is 9.84. The highest BCUT2D eigenvalue weighted by Gasteiger charge is 2.23. The first kappa shape index (κ1) is 14.8. The van der Waals surface area contributed by atoms with E-state index >= 15 is 0 Å². The molecule has 2 unspecified atom stereocenters. The second kappa shape index (κ2) is 7.82. The zero-order valence-corrected chi connectivity index (χ0v) is 11.8. The van der Waals surface area contributed by atoms with E-state index in [2.05, 4.69) is 5.32 Å². The molecule has 19 heavy (non-hydrogen) atoms. The van der Waals surface area contributed by atoms with Gasteiger partial charge in [0.1, 0.15) is 0 Å². The summed E-state index contributed by atoms with van der Waals surface area (Å²) < 4.78 is 5.25. The first-order valence-electron chi connectivity index (χ1n) is 7.60. The van der Waals surface area contributed by atoms with E-state index in [4.69, 9.17) is 10.5 Å². The van der Waals surface area contributed by atoms with Crippen molar-refractivity contribution >= 4 is 5.91 Å². The van der Waals surface area contributed by atoms with E-state index in [0.29, 0.717) is 31.6 Å². The van der Waals surface area contributed by atoms with Crippen molar-refractivity contribution in [1.82, 2.24) is 10.2 Å². The smallest absolute Gasteiger partial charge is 0.224 e. The van der Waals surface area contributed by atoms with Gasteiger partial charge in [0.2, 0.25) is 5.91 Å². The van der Waals surface area contributed by atoms with Gasteiger partial charge < -0.3 is 20.7 Å². The summed E-state index contributed by atoms with van der Waals surface area (Å²) in [6.07, 6.45) is 5.60. The Bertz CT molecular complexity index is 280. The van der Waals surface area contributed by atoms with Gasteiger partial charge in [0.25, 0.3) is 0 Å². The van der Waals surface area contributed by atoms with Crippen LogP contribution in [0.4, 0.5) is 0 Å². The third-order valence-corrected chi connectivity index (χ3v) is 4.32. The highest BCUT2D eigenvalue weighted by molar-refractivity contribution is 5.76. The Hall–Kier alpha value is -0.650. The van der Waals surface area contributed by atoms with Crippen LogP contribution in [0.1, 0.15) is 32.1 Å². The van der Waals surface area contributed by atoms with Crippen LogP contribution in [0.3, 0.4) is 0 Å². The maximum atomic E-state index is 12.0. The zero-order valence-electron chi connectivity index (χ0n) is 11.8. The summed E-state index contributed by atoms with van der Waals surface area (Å²) in [5, 5.41) is 3.53. The van der Waals surface area contributed by atoms with E-state index in [0.717, 1.165) is 26.2 Å². The highest BCUT2D eigenvalue weighted by atomic mass is 16.5. The second-order valence-corrected chi connectivity index (χ2v) is 5.58. The van der Waals surface area contributed by atoms with Crippen LogP contribution < -0.4 is 11.1 Å². The molecule has 1 aliphatic heterocycles. The molecule has 1 aliphatic carbocycles. The molecule has 0 aromatic heterocycles. The number of amides is 1. The Balaban J connectivity index is 1.65. The van der Waals surface area contributed by atoms with Crippen molar-refractivity contribution in [3.05, 3.63) is 0 Å². The number of carbonyl (C=O) groups is 1. The molecule has 2 aliphatic rings. The Kier molecular flexibility index (Phi) is 6.07. The number of ether oxygens (including phenoxy) is 1. The number of nitrogens with zero attached hydrogens (tertiary/aromatic N) is 1. The van der Waals surface area contributed by atoms with Gasteiger partial charge in [-0.2, -0.15) is 0 Å². The molecule has 2 fully saturated rings. The maximum Gasteiger partial charge on any atom is 0.224 e. The van der Waals surface area contributed by atoms with Crippen LogP contribution in [0.5, 0.6) is 0 Å². The zero-order chi connectivity index (χ0) is 13.5. The molecule has 0 aromatic carbocycles. The normalized spacial score (nSPS) is 28.4.